The van der Waals surface area contributed by atoms with Crippen LogP contribution in [0.2, 0.25) is 20.1 Å². The van der Waals surface area contributed by atoms with Crippen molar-refractivity contribution in [2.75, 3.05) is 103 Å². The van der Waals surface area contributed by atoms with Crippen LogP contribution in [0.1, 0.15) is 174 Å². The minimum Gasteiger partial charge on any atom is -0.478 e. The van der Waals surface area contributed by atoms with E-state index in [1.165, 1.54) is 6.42 Å². The van der Waals surface area contributed by atoms with E-state index in [-0.39, 0.29) is 61.9 Å². The second kappa shape index (κ2) is 43.0. The lowest BCUT2D eigenvalue weighted by Crippen LogP contribution is -2.47. The van der Waals surface area contributed by atoms with Gasteiger partial charge in [-0.3, -0.25) is 4.79 Å². The summed E-state index contributed by atoms with van der Waals surface area (Å²) in [6.07, 6.45) is 15.6. The Morgan fingerprint density at radius 2 is 0.973 bits per heavy atom. The molecule has 2 aliphatic heterocycles. The zero-order valence-electron chi connectivity index (χ0n) is 63.4. The van der Waals surface area contributed by atoms with Gasteiger partial charge in [-0.1, -0.05) is 133 Å². The predicted octanol–water partition coefficient (Wildman–Crippen LogP) is 20.7. The van der Waals surface area contributed by atoms with Crippen molar-refractivity contribution in [2.45, 2.75) is 170 Å². The molecule has 3 fully saturated rings. The Hall–Kier alpha value is -6.32. The number of sulfonamides is 1. The summed E-state index contributed by atoms with van der Waals surface area (Å²) in [6, 6.07) is 47.0. The third-order valence-corrected chi connectivity index (χ3v) is 24.4. The van der Waals surface area contributed by atoms with Crippen molar-refractivity contribution >= 4 is 107 Å². The maximum Gasteiger partial charge on any atom is 0.511 e. The summed E-state index contributed by atoms with van der Waals surface area (Å²) in [5, 5.41) is 15.3. The summed E-state index contributed by atoms with van der Waals surface area (Å²) >= 11 is 25.9. The molecule has 2 saturated heterocycles. The van der Waals surface area contributed by atoms with Crippen LogP contribution in [0.15, 0.2) is 146 Å². The zero-order chi connectivity index (χ0) is 78.9. The Labute approximate surface area is 680 Å². The standard InChI is InChI=1S/C85H103Cl4F5N8O8S2/c1-84(90,91)111-101-43-35-70(36-44-101)97-77-57-80(99-75-33-23-64(55-73(75)77)82(60-15-25-66(86)26-16-60)61-17-27-67(87)28-18-61)109-49-7-3-2-6-40-95-41-10-47-107-52-53-108-72-13-9-12-59(54-72)39-51-106-48-11-42-96-79(103)14-5-4-8-50-110-81-58-78(98-71-37-45-102(46-38-71)112(104,105)85(92,93)94)74-56-65(24-34-76(74)100-81)83(62-19-29-68(88)30-20-62)63-21-31-69(89)32-22-63/h15-34,55-59,70-72,82-83,95H,2-14,35-54H2,1H3,(H,96,103)(H,97,99)(H,98,100)/t59-,72-/m1/s1. The first-order valence-electron chi connectivity index (χ1n) is 39.4. The van der Waals surface area contributed by atoms with Gasteiger partial charge in [0, 0.05) is 144 Å². The molecule has 1 aliphatic carbocycles. The highest BCUT2D eigenvalue weighted by Crippen LogP contribution is 2.42. The number of carbonyl (C=O) groups excluding carboxylic acids is 1. The summed E-state index contributed by atoms with van der Waals surface area (Å²) in [7, 11) is -5.45. The first-order valence-corrected chi connectivity index (χ1v) is 43.1. The van der Waals surface area contributed by atoms with Crippen LogP contribution < -0.4 is 30.7 Å². The average Bonchev–Trinajstić information content (AvgIpc) is 0.776. The number of rotatable bonds is 43. The van der Waals surface area contributed by atoms with E-state index in [2.05, 4.69) is 63.7 Å². The zero-order valence-corrected chi connectivity index (χ0v) is 68.1. The van der Waals surface area contributed by atoms with Crippen molar-refractivity contribution in [1.82, 2.24) is 29.2 Å². The highest BCUT2D eigenvalue weighted by Gasteiger charge is 2.50. The minimum absolute atomic E-state index is 0.00853. The Bertz CT molecular complexity index is 4270. The van der Waals surface area contributed by atoms with Crippen molar-refractivity contribution in [1.29, 1.82) is 0 Å². The number of aromatic nitrogens is 2. The molecule has 606 valence electrons. The molecule has 16 nitrogen and oxygen atoms in total. The maximum atomic E-state index is 13.9. The van der Waals surface area contributed by atoms with Gasteiger partial charge in [0.1, 0.15) is 0 Å². The molecule has 0 spiro atoms. The van der Waals surface area contributed by atoms with Gasteiger partial charge in [-0.2, -0.15) is 26.3 Å². The van der Waals surface area contributed by atoms with Crippen molar-refractivity contribution < 1.29 is 58.8 Å². The minimum atomic E-state index is -5.45. The highest BCUT2D eigenvalue weighted by molar-refractivity contribution is 7.98. The fourth-order valence-electron chi connectivity index (χ4n) is 15.0. The summed E-state index contributed by atoms with van der Waals surface area (Å²) in [5.41, 5.74) is 3.79. The number of hydrogen-bond donors (Lipinski definition) is 4. The second-order valence-corrected chi connectivity index (χ2v) is 34.5. The number of benzene rings is 6. The number of anilines is 2. The molecule has 4 N–H and O–H groups in total. The summed E-state index contributed by atoms with van der Waals surface area (Å²) in [6.45, 7) is 7.84. The van der Waals surface area contributed by atoms with Crippen LogP contribution >= 0.6 is 58.4 Å². The fraction of sp³-hybridized carbons (Fsp3) is 0.494. The second-order valence-electron chi connectivity index (χ2n) is 29.4. The van der Waals surface area contributed by atoms with Crippen LogP contribution in [0.25, 0.3) is 21.8 Å². The van der Waals surface area contributed by atoms with Crippen LogP contribution in [0.3, 0.4) is 0 Å². The summed E-state index contributed by atoms with van der Waals surface area (Å²) < 4.78 is 126. The van der Waals surface area contributed by atoms with Crippen LogP contribution in [0, 0.1) is 5.92 Å². The molecule has 4 heterocycles. The van der Waals surface area contributed by atoms with E-state index in [4.69, 9.17) is 80.1 Å². The van der Waals surface area contributed by atoms with Crippen molar-refractivity contribution in [3.63, 3.8) is 0 Å². The summed E-state index contributed by atoms with van der Waals surface area (Å²) in [4.78, 5) is 22.6. The third-order valence-electron chi connectivity index (χ3n) is 20.9. The molecule has 0 unspecified atom stereocenters. The molecule has 8 aromatic rings. The SMILES string of the molecule is CC(F)(F)SN1CCC(Nc2cc(OCCCCCCNCCCOCCO[C@@H]3CCC[C@H](CCOCCCNC(=O)CCCCCOc4cc(NC5CCN(S(=O)(=O)C(F)(F)F)CC5)c5cc(C(c6ccc(Cl)cc6)c6ccc(Cl)cc6)ccc5n4)C3)nc3ccc(C(c4ccc(Cl)cc4)c4ccc(Cl)cc4)cc23)CC1. The number of piperidine rings is 2. The number of fused-ring (bicyclic) bond motifs is 2. The number of pyridine rings is 2. The van der Waals surface area contributed by atoms with Gasteiger partial charge in [-0.15, -0.1) is 0 Å². The van der Waals surface area contributed by atoms with E-state index in [1.807, 2.05) is 97.1 Å². The molecule has 112 heavy (non-hydrogen) atoms. The number of hydrogen-bond acceptors (Lipinski definition) is 15. The van der Waals surface area contributed by atoms with Crippen LogP contribution in [0.5, 0.6) is 11.8 Å². The largest absolute Gasteiger partial charge is 0.511 e. The Morgan fingerprint density at radius 3 is 1.47 bits per heavy atom. The van der Waals surface area contributed by atoms with Gasteiger partial charge >= 0.3 is 20.8 Å². The topological polar surface area (TPSA) is 178 Å². The third kappa shape index (κ3) is 26.6. The molecule has 1 saturated carbocycles. The molecule has 0 radical (unpaired) electrons. The van der Waals surface area contributed by atoms with E-state index >= 15 is 0 Å². The van der Waals surface area contributed by atoms with E-state index < -0.39 is 20.8 Å². The van der Waals surface area contributed by atoms with Crippen molar-refractivity contribution in [2.24, 2.45) is 5.92 Å². The Kier molecular flexibility index (Phi) is 33.3. The van der Waals surface area contributed by atoms with E-state index in [1.54, 1.807) is 10.4 Å². The number of carbonyl (C=O) groups is 1. The normalized spacial score (nSPS) is 16.6. The maximum absolute atomic E-state index is 13.9. The number of amides is 1. The Balaban J connectivity index is 0.519. The van der Waals surface area contributed by atoms with Crippen molar-refractivity contribution in [3.05, 3.63) is 199 Å². The molecular formula is C85H103Cl4F5N8O8S2. The van der Waals surface area contributed by atoms with Gasteiger partial charge in [0.05, 0.1) is 43.6 Å². The van der Waals surface area contributed by atoms with Crippen molar-refractivity contribution in [3.8, 4) is 11.8 Å². The molecule has 27 heteroatoms. The number of unbranched alkanes of at least 4 members (excludes halogenated alkanes) is 5. The first kappa shape index (κ1) is 86.5. The lowest BCUT2D eigenvalue weighted by molar-refractivity contribution is -0.121. The number of halogens is 9. The molecule has 6 aromatic carbocycles. The quantitative estimate of drug-likeness (QED) is 0.0123. The lowest BCUT2D eigenvalue weighted by Gasteiger charge is -2.33. The lowest BCUT2D eigenvalue weighted by atomic mass is 9.84. The Morgan fingerprint density at radius 1 is 0.518 bits per heavy atom. The van der Waals surface area contributed by atoms with Crippen LogP contribution in [0.4, 0.5) is 33.3 Å². The van der Waals surface area contributed by atoms with Crippen LogP contribution in [-0.2, 0) is 29.0 Å². The highest BCUT2D eigenvalue weighted by atomic mass is 35.5. The van der Waals surface area contributed by atoms with Gasteiger partial charge in [-0.05, 0) is 227 Å². The predicted molar refractivity (Wildman–Crippen MR) is 442 cm³/mol. The molecule has 11 rings (SSSR count). The number of ether oxygens (including phenoxy) is 5. The smallest absolute Gasteiger partial charge is 0.478 e. The van der Waals surface area contributed by atoms with Crippen LogP contribution in [-0.4, -0.2) is 154 Å². The number of alkyl halides is 5. The molecular weight excluding hydrogens is 1560 g/mol. The molecule has 3 aliphatic rings. The molecule has 1 amide bonds. The average molecular weight is 1670 g/mol. The number of nitrogens with zero attached hydrogens (tertiary/aromatic N) is 4. The molecule has 2 aromatic heterocycles. The van der Waals surface area contributed by atoms with Gasteiger partial charge in [0.25, 0.3) is 0 Å². The first-order chi connectivity index (χ1) is 54.1. The summed E-state index contributed by atoms with van der Waals surface area (Å²) in [5.74, 6) is 1.13. The molecule has 2 atom stereocenters. The number of nitrogens with one attached hydrogen (secondary N) is 4. The van der Waals surface area contributed by atoms with E-state index in [0.29, 0.717) is 150 Å². The van der Waals surface area contributed by atoms with Gasteiger partial charge < -0.3 is 45.0 Å². The molecule has 0 bridgehead atoms. The van der Waals surface area contributed by atoms with Gasteiger partial charge in [0.2, 0.25) is 17.7 Å². The van der Waals surface area contributed by atoms with E-state index in [0.717, 1.165) is 159 Å². The van der Waals surface area contributed by atoms with Gasteiger partial charge in [0.15, 0.2) is 0 Å². The fourth-order valence-corrected chi connectivity index (χ4v) is 17.4. The van der Waals surface area contributed by atoms with E-state index in [9.17, 15) is 35.2 Å². The van der Waals surface area contributed by atoms with Gasteiger partial charge in [-0.25, -0.2) is 22.7 Å². The monoisotopic (exact) mass is 1660 g/mol.